The number of nitrogens with one attached hydrogen (secondary N) is 2. The second-order valence-corrected chi connectivity index (χ2v) is 6.42. The lowest BCUT2D eigenvalue weighted by Crippen LogP contribution is -2.24. The fourth-order valence-corrected chi connectivity index (χ4v) is 2.98. The molecule has 0 aliphatic carbocycles. The van der Waals surface area contributed by atoms with Crippen LogP contribution in [0.25, 0.3) is 0 Å². The number of para-hydroxylation sites is 1. The molecule has 2 N–H and O–H groups in total. The van der Waals surface area contributed by atoms with E-state index in [2.05, 4.69) is 16.7 Å². The van der Waals surface area contributed by atoms with Crippen LogP contribution in [0.2, 0.25) is 0 Å². The van der Waals surface area contributed by atoms with E-state index < -0.39 is 0 Å². The van der Waals surface area contributed by atoms with Crippen molar-refractivity contribution in [1.29, 1.82) is 5.26 Å². The van der Waals surface area contributed by atoms with Crippen LogP contribution in [0.15, 0.2) is 66.0 Å². The molecule has 3 rings (SSSR count). The first-order chi connectivity index (χ1) is 12.7. The van der Waals surface area contributed by atoms with Gasteiger partial charge in [-0.3, -0.25) is 9.59 Å². The highest BCUT2D eigenvalue weighted by Crippen LogP contribution is 2.18. The van der Waals surface area contributed by atoms with Crippen LogP contribution in [0.4, 0.5) is 5.69 Å². The van der Waals surface area contributed by atoms with Crippen molar-refractivity contribution in [3.63, 3.8) is 0 Å². The van der Waals surface area contributed by atoms with Gasteiger partial charge in [-0.05, 0) is 41.3 Å². The molecule has 1 aromatic heterocycles. The number of amides is 2. The summed E-state index contributed by atoms with van der Waals surface area (Å²) in [6.45, 7) is 0.331. The molecule has 0 aliphatic rings. The topological polar surface area (TPSA) is 82.0 Å². The molecule has 0 spiro atoms. The molecule has 0 atom stereocenters. The standard InChI is InChI=1S/C20H15N3O2S/c21-12-14-7-9-15(10-8-14)13-22-19(24)16-4-1-2-5-17(16)23-20(25)18-6-3-11-26-18/h1-11H,13H2,(H,22,24)(H,23,25). The third kappa shape index (κ3) is 4.15. The van der Waals surface area contributed by atoms with Gasteiger partial charge in [-0.2, -0.15) is 5.26 Å². The number of thiophene rings is 1. The maximum absolute atomic E-state index is 12.5. The van der Waals surface area contributed by atoms with Crippen LogP contribution in [-0.4, -0.2) is 11.8 Å². The fourth-order valence-electron chi connectivity index (χ4n) is 2.36. The molecule has 0 saturated carbocycles. The van der Waals surface area contributed by atoms with Crippen molar-refractivity contribution >= 4 is 28.8 Å². The number of rotatable bonds is 5. The van der Waals surface area contributed by atoms with E-state index in [9.17, 15) is 9.59 Å². The van der Waals surface area contributed by atoms with Crippen LogP contribution in [-0.2, 0) is 6.54 Å². The first-order valence-electron chi connectivity index (χ1n) is 7.88. The number of anilines is 1. The van der Waals surface area contributed by atoms with Crippen molar-refractivity contribution in [3.8, 4) is 6.07 Å². The van der Waals surface area contributed by atoms with Crippen molar-refractivity contribution in [2.75, 3.05) is 5.32 Å². The summed E-state index contributed by atoms with van der Waals surface area (Å²) in [5, 5.41) is 16.2. The Balaban J connectivity index is 1.69. The van der Waals surface area contributed by atoms with Gasteiger partial charge in [-0.25, -0.2) is 0 Å². The molecule has 6 heteroatoms. The van der Waals surface area contributed by atoms with E-state index in [-0.39, 0.29) is 11.8 Å². The molecular formula is C20H15N3O2S. The van der Waals surface area contributed by atoms with E-state index in [4.69, 9.17) is 5.26 Å². The number of hydrogen-bond acceptors (Lipinski definition) is 4. The second-order valence-electron chi connectivity index (χ2n) is 5.47. The van der Waals surface area contributed by atoms with Crippen molar-refractivity contribution in [2.45, 2.75) is 6.54 Å². The van der Waals surface area contributed by atoms with Gasteiger partial charge in [0.1, 0.15) is 0 Å². The Kier molecular flexibility index (Phi) is 5.42. The molecular weight excluding hydrogens is 346 g/mol. The average Bonchev–Trinajstić information content (AvgIpc) is 3.22. The minimum absolute atomic E-state index is 0.243. The minimum atomic E-state index is -0.281. The fraction of sp³-hybridized carbons (Fsp3) is 0.0500. The van der Waals surface area contributed by atoms with Crippen molar-refractivity contribution in [1.82, 2.24) is 5.32 Å². The zero-order chi connectivity index (χ0) is 18.4. The average molecular weight is 361 g/mol. The normalized spacial score (nSPS) is 9.96. The van der Waals surface area contributed by atoms with Gasteiger partial charge >= 0.3 is 0 Å². The van der Waals surface area contributed by atoms with Gasteiger partial charge in [0.05, 0.1) is 27.8 Å². The van der Waals surface area contributed by atoms with E-state index in [1.807, 2.05) is 5.38 Å². The number of hydrogen-bond donors (Lipinski definition) is 2. The Bertz CT molecular complexity index is 957. The van der Waals surface area contributed by atoms with Gasteiger partial charge < -0.3 is 10.6 Å². The minimum Gasteiger partial charge on any atom is -0.348 e. The maximum atomic E-state index is 12.5. The van der Waals surface area contributed by atoms with Crippen LogP contribution < -0.4 is 10.6 Å². The summed E-state index contributed by atoms with van der Waals surface area (Å²) < 4.78 is 0. The number of carbonyl (C=O) groups excluding carboxylic acids is 2. The number of carbonyl (C=O) groups is 2. The van der Waals surface area contributed by atoms with Crippen molar-refractivity contribution in [3.05, 3.63) is 87.6 Å². The van der Waals surface area contributed by atoms with Gasteiger partial charge in [-0.1, -0.05) is 30.3 Å². The Labute approximate surface area is 154 Å². The van der Waals surface area contributed by atoms with E-state index in [0.29, 0.717) is 28.2 Å². The lowest BCUT2D eigenvalue weighted by atomic mass is 10.1. The summed E-state index contributed by atoms with van der Waals surface area (Å²) in [5.41, 5.74) is 2.31. The molecule has 0 saturated heterocycles. The highest BCUT2D eigenvalue weighted by atomic mass is 32.1. The Morgan fingerprint density at radius 3 is 2.42 bits per heavy atom. The first kappa shape index (κ1) is 17.4. The van der Waals surface area contributed by atoms with Crippen LogP contribution in [0.1, 0.15) is 31.2 Å². The van der Waals surface area contributed by atoms with Crippen LogP contribution in [0, 0.1) is 11.3 Å². The summed E-state index contributed by atoms with van der Waals surface area (Å²) in [7, 11) is 0. The molecule has 128 valence electrons. The summed E-state index contributed by atoms with van der Waals surface area (Å²) in [4.78, 5) is 25.3. The van der Waals surface area contributed by atoms with Gasteiger partial charge in [0, 0.05) is 6.54 Å². The number of nitrogens with zero attached hydrogens (tertiary/aromatic N) is 1. The predicted molar refractivity (Wildman–Crippen MR) is 101 cm³/mol. The number of benzene rings is 2. The molecule has 0 bridgehead atoms. The summed E-state index contributed by atoms with van der Waals surface area (Å²) >= 11 is 1.34. The molecule has 0 fully saturated rings. The summed E-state index contributed by atoms with van der Waals surface area (Å²) in [6.07, 6.45) is 0. The third-order valence-electron chi connectivity index (χ3n) is 3.70. The monoisotopic (exact) mass is 361 g/mol. The molecule has 2 amide bonds. The van der Waals surface area contributed by atoms with E-state index in [0.717, 1.165) is 5.56 Å². The maximum Gasteiger partial charge on any atom is 0.265 e. The van der Waals surface area contributed by atoms with E-state index in [1.54, 1.807) is 60.7 Å². The third-order valence-corrected chi connectivity index (χ3v) is 4.57. The van der Waals surface area contributed by atoms with Crippen LogP contribution in [0.3, 0.4) is 0 Å². The molecule has 2 aromatic carbocycles. The SMILES string of the molecule is N#Cc1ccc(CNC(=O)c2ccccc2NC(=O)c2cccs2)cc1. The lowest BCUT2D eigenvalue weighted by molar-refractivity contribution is 0.0952. The summed E-state index contributed by atoms with van der Waals surface area (Å²) in [6, 6.07) is 19.5. The van der Waals surface area contributed by atoms with Crippen molar-refractivity contribution in [2.24, 2.45) is 0 Å². The van der Waals surface area contributed by atoms with E-state index >= 15 is 0 Å². The largest absolute Gasteiger partial charge is 0.348 e. The first-order valence-corrected chi connectivity index (χ1v) is 8.76. The van der Waals surface area contributed by atoms with Gasteiger partial charge in [0.15, 0.2) is 0 Å². The van der Waals surface area contributed by atoms with Crippen molar-refractivity contribution < 1.29 is 9.59 Å². The van der Waals surface area contributed by atoms with E-state index in [1.165, 1.54) is 11.3 Å². The Morgan fingerprint density at radius 1 is 0.962 bits per heavy atom. The zero-order valence-corrected chi connectivity index (χ0v) is 14.5. The Hall–Kier alpha value is -3.43. The second kappa shape index (κ2) is 8.10. The smallest absolute Gasteiger partial charge is 0.265 e. The highest BCUT2D eigenvalue weighted by molar-refractivity contribution is 7.12. The molecule has 1 heterocycles. The summed E-state index contributed by atoms with van der Waals surface area (Å²) in [5.74, 6) is -0.524. The molecule has 0 radical (unpaired) electrons. The predicted octanol–water partition coefficient (Wildman–Crippen LogP) is 3.80. The molecule has 0 unspecified atom stereocenters. The van der Waals surface area contributed by atoms with Gasteiger partial charge in [0.2, 0.25) is 0 Å². The molecule has 0 aliphatic heterocycles. The van der Waals surface area contributed by atoms with Gasteiger partial charge in [-0.15, -0.1) is 11.3 Å². The molecule has 5 nitrogen and oxygen atoms in total. The zero-order valence-electron chi connectivity index (χ0n) is 13.7. The quantitative estimate of drug-likeness (QED) is 0.725. The number of nitriles is 1. The van der Waals surface area contributed by atoms with Crippen LogP contribution in [0.5, 0.6) is 0 Å². The van der Waals surface area contributed by atoms with Crippen LogP contribution >= 0.6 is 11.3 Å². The van der Waals surface area contributed by atoms with Gasteiger partial charge in [0.25, 0.3) is 11.8 Å². The molecule has 26 heavy (non-hydrogen) atoms. The molecule has 3 aromatic rings. The Morgan fingerprint density at radius 2 is 1.73 bits per heavy atom. The highest BCUT2D eigenvalue weighted by Gasteiger charge is 2.14. The lowest BCUT2D eigenvalue weighted by Gasteiger charge is -2.11.